The number of aromatic amines is 1. The number of fused-ring (bicyclic) bond motifs is 1. The van der Waals surface area contributed by atoms with E-state index in [1.807, 2.05) is 6.92 Å². The topological polar surface area (TPSA) is 28.7 Å². The number of aryl methyl sites for hydroxylation is 1. The number of H-pyrrole nitrogens is 1. The van der Waals surface area contributed by atoms with E-state index in [9.17, 15) is 4.39 Å². The van der Waals surface area contributed by atoms with E-state index < -0.39 is 0 Å². The SMILES string of the molecule is CCc1nc(=S)c2cc(F)ccc2[nH]1. The highest BCUT2D eigenvalue weighted by atomic mass is 32.1. The third-order valence-electron chi connectivity index (χ3n) is 2.06. The maximum atomic E-state index is 12.9. The second-order valence-corrected chi connectivity index (χ2v) is 3.42. The van der Waals surface area contributed by atoms with Gasteiger partial charge in [0.2, 0.25) is 0 Å². The molecule has 14 heavy (non-hydrogen) atoms. The fraction of sp³-hybridized carbons (Fsp3) is 0.200. The number of halogens is 1. The summed E-state index contributed by atoms with van der Waals surface area (Å²) in [5.41, 5.74) is 0.836. The van der Waals surface area contributed by atoms with E-state index in [2.05, 4.69) is 9.97 Å². The summed E-state index contributed by atoms with van der Waals surface area (Å²) in [6.07, 6.45) is 0.789. The molecule has 1 aromatic carbocycles. The number of hydrogen-bond acceptors (Lipinski definition) is 2. The summed E-state index contributed by atoms with van der Waals surface area (Å²) in [5, 5.41) is 0.664. The predicted molar refractivity (Wildman–Crippen MR) is 56.3 cm³/mol. The molecule has 2 aromatic rings. The van der Waals surface area contributed by atoms with E-state index in [4.69, 9.17) is 12.2 Å². The molecule has 0 atom stereocenters. The summed E-state index contributed by atoms with van der Waals surface area (Å²) in [5.74, 6) is 0.539. The van der Waals surface area contributed by atoms with Gasteiger partial charge in [-0.15, -0.1) is 0 Å². The van der Waals surface area contributed by atoms with Gasteiger partial charge in [-0.05, 0) is 18.2 Å². The summed E-state index contributed by atoms with van der Waals surface area (Å²) in [6, 6.07) is 4.49. The number of hydrogen-bond donors (Lipinski definition) is 1. The van der Waals surface area contributed by atoms with E-state index in [1.54, 1.807) is 6.07 Å². The summed E-state index contributed by atoms with van der Waals surface area (Å²) in [4.78, 5) is 7.25. The molecule has 0 aliphatic carbocycles. The van der Waals surface area contributed by atoms with Crippen LogP contribution in [-0.2, 0) is 6.42 Å². The van der Waals surface area contributed by atoms with Crippen LogP contribution in [0.25, 0.3) is 10.9 Å². The molecule has 1 N–H and O–H groups in total. The third kappa shape index (κ3) is 1.53. The molecule has 72 valence electrons. The van der Waals surface area contributed by atoms with E-state index >= 15 is 0 Å². The molecule has 0 aliphatic rings. The van der Waals surface area contributed by atoms with Crippen LogP contribution < -0.4 is 0 Å². The van der Waals surface area contributed by atoms with Crippen LogP contribution in [0, 0.1) is 10.5 Å². The van der Waals surface area contributed by atoms with Gasteiger partial charge in [0.05, 0.1) is 0 Å². The van der Waals surface area contributed by atoms with Gasteiger partial charge in [0.15, 0.2) is 0 Å². The molecule has 0 bridgehead atoms. The zero-order valence-electron chi connectivity index (χ0n) is 7.67. The maximum Gasteiger partial charge on any atom is 0.137 e. The minimum Gasteiger partial charge on any atom is -0.343 e. The van der Waals surface area contributed by atoms with Crippen molar-refractivity contribution >= 4 is 23.1 Å². The maximum absolute atomic E-state index is 12.9. The Balaban J connectivity index is 2.83. The number of nitrogens with one attached hydrogen (secondary N) is 1. The second kappa shape index (κ2) is 3.46. The zero-order valence-corrected chi connectivity index (χ0v) is 8.49. The molecule has 1 aromatic heterocycles. The van der Waals surface area contributed by atoms with Crippen LogP contribution in [-0.4, -0.2) is 9.97 Å². The largest absolute Gasteiger partial charge is 0.343 e. The molecule has 2 rings (SSSR count). The molecule has 0 spiro atoms. The molecule has 1 heterocycles. The summed E-state index contributed by atoms with van der Waals surface area (Å²) in [7, 11) is 0. The number of aromatic nitrogens is 2. The molecule has 0 unspecified atom stereocenters. The Morgan fingerprint density at radius 3 is 3.00 bits per heavy atom. The van der Waals surface area contributed by atoms with Crippen molar-refractivity contribution in [3.05, 3.63) is 34.5 Å². The highest BCUT2D eigenvalue weighted by molar-refractivity contribution is 7.71. The Morgan fingerprint density at radius 1 is 1.50 bits per heavy atom. The van der Waals surface area contributed by atoms with Crippen LogP contribution in [0.1, 0.15) is 12.7 Å². The van der Waals surface area contributed by atoms with Gasteiger partial charge in [-0.25, -0.2) is 9.37 Å². The van der Waals surface area contributed by atoms with Gasteiger partial charge in [-0.2, -0.15) is 0 Å². The van der Waals surface area contributed by atoms with E-state index in [1.165, 1.54) is 12.1 Å². The van der Waals surface area contributed by atoms with Crippen LogP contribution in [0.5, 0.6) is 0 Å². The lowest BCUT2D eigenvalue weighted by Crippen LogP contribution is -1.94. The van der Waals surface area contributed by atoms with Crippen LogP contribution in [0.3, 0.4) is 0 Å². The highest BCUT2D eigenvalue weighted by Gasteiger charge is 2.00. The van der Waals surface area contributed by atoms with Crippen molar-refractivity contribution in [1.82, 2.24) is 9.97 Å². The Labute approximate surface area is 85.8 Å². The summed E-state index contributed by atoms with van der Waals surface area (Å²) < 4.78 is 13.4. The summed E-state index contributed by atoms with van der Waals surface area (Å²) in [6.45, 7) is 1.99. The van der Waals surface area contributed by atoms with Gasteiger partial charge >= 0.3 is 0 Å². The first-order chi connectivity index (χ1) is 6.70. The molecule has 4 heteroatoms. The van der Waals surface area contributed by atoms with E-state index in [0.29, 0.717) is 10.0 Å². The van der Waals surface area contributed by atoms with E-state index in [0.717, 1.165) is 17.8 Å². The Bertz CT molecular complexity index is 533. The quantitative estimate of drug-likeness (QED) is 0.730. The van der Waals surface area contributed by atoms with Gasteiger partial charge in [-0.3, -0.25) is 0 Å². The van der Waals surface area contributed by atoms with Crippen LogP contribution in [0.15, 0.2) is 18.2 Å². The van der Waals surface area contributed by atoms with Crippen molar-refractivity contribution in [3.8, 4) is 0 Å². The average Bonchev–Trinajstić information content (AvgIpc) is 2.19. The molecule has 0 saturated carbocycles. The Hall–Kier alpha value is -1.29. The highest BCUT2D eigenvalue weighted by Crippen LogP contribution is 2.14. The fourth-order valence-corrected chi connectivity index (χ4v) is 1.62. The van der Waals surface area contributed by atoms with Crippen molar-refractivity contribution in [2.24, 2.45) is 0 Å². The van der Waals surface area contributed by atoms with Crippen LogP contribution in [0.4, 0.5) is 4.39 Å². The number of nitrogens with zero attached hydrogens (tertiary/aromatic N) is 1. The average molecular weight is 208 g/mol. The van der Waals surface area contributed by atoms with Crippen LogP contribution >= 0.6 is 12.2 Å². The first-order valence-electron chi connectivity index (χ1n) is 4.39. The number of benzene rings is 1. The lowest BCUT2D eigenvalue weighted by Gasteiger charge is -2.01. The molecule has 0 fully saturated rings. The molecule has 2 nitrogen and oxygen atoms in total. The fourth-order valence-electron chi connectivity index (χ4n) is 1.34. The molecular formula is C10H9FN2S. The molecule has 0 saturated heterocycles. The van der Waals surface area contributed by atoms with Crippen molar-refractivity contribution in [1.29, 1.82) is 0 Å². The predicted octanol–water partition coefficient (Wildman–Crippen LogP) is 2.99. The van der Waals surface area contributed by atoms with Gasteiger partial charge in [0.25, 0.3) is 0 Å². The standard InChI is InChI=1S/C10H9FN2S/c1-2-9-12-8-4-3-6(11)5-7(8)10(14)13-9/h3-5H,2H2,1H3,(H,12,13,14). The molecule has 0 amide bonds. The van der Waals surface area contributed by atoms with Crippen LogP contribution in [0.2, 0.25) is 0 Å². The van der Waals surface area contributed by atoms with Gasteiger partial charge in [0, 0.05) is 17.3 Å². The van der Waals surface area contributed by atoms with Gasteiger partial charge in [-0.1, -0.05) is 19.1 Å². The summed E-state index contributed by atoms with van der Waals surface area (Å²) >= 11 is 5.07. The van der Waals surface area contributed by atoms with Gasteiger partial charge < -0.3 is 4.98 Å². The van der Waals surface area contributed by atoms with Crippen molar-refractivity contribution in [2.75, 3.05) is 0 Å². The van der Waals surface area contributed by atoms with Crippen molar-refractivity contribution in [2.45, 2.75) is 13.3 Å². The smallest absolute Gasteiger partial charge is 0.137 e. The molecular weight excluding hydrogens is 199 g/mol. The van der Waals surface area contributed by atoms with Crippen molar-refractivity contribution in [3.63, 3.8) is 0 Å². The first-order valence-corrected chi connectivity index (χ1v) is 4.80. The second-order valence-electron chi connectivity index (χ2n) is 3.03. The Morgan fingerprint density at radius 2 is 2.29 bits per heavy atom. The van der Waals surface area contributed by atoms with E-state index in [-0.39, 0.29) is 5.82 Å². The molecule has 0 aliphatic heterocycles. The monoisotopic (exact) mass is 208 g/mol. The number of rotatable bonds is 1. The minimum atomic E-state index is -0.289. The third-order valence-corrected chi connectivity index (χ3v) is 2.37. The lowest BCUT2D eigenvalue weighted by atomic mass is 10.2. The normalized spacial score (nSPS) is 10.7. The Kier molecular flexibility index (Phi) is 2.29. The lowest BCUT2D eigenvalue weighted by molar-refractivity contribution is 0.629. The minimum absolute atomic E-state index is 0.289. The van der Waals surface area contributed by atoms with Gasteiger partial charge in [0.1, 0.15) is 16.3 Å². The van der Waals surface area contributed by atoms with Crippen molar-refractivity contribution < 1.29 is 4.39 Å². The zero-order chi connectivity index (χ0) is 10.1. The first kappa shape index (κ1) is 9.27. The molecule has 0 radical (unpaired) electrons.